The van der Waals surface area contributed by atoms with Crippen LogP contribution in [-0.2, 0) is 51.6 Å². The summed E-state index contributed by atoms with van der Waals surface area (Å²) in [6.07, 6.45) is -9.95. The molecule has 0 aliphatic heterocycles. The summed E-state index contributed by atoms with van der Waals surface area (Å²) < 4.78 is 100. The van der Waals surface area contributed by atoms with Gasteiger partial charge in [0, 0.05) is 42.3 Å². The zero-order valence-corrected chi connectivity index (χ0v) is 39.5. The van der Waals surface area contributed by atoms with Gasteiger partial charge < -0.3 is 18.9 Å². The molecule has 6 rings (SSSR count). The van der Waals surface area contributed by atoms with E-state index in [0.717, 1.165) is 31.8 Å². The van der Waals surface area contributed by atoms with E-state index in [1.54, 1.807) is 32.9 Å². The zero-order valence-electron chi connectivity index (χ0n) is 35.4. The average molecular weight is 1050 g/mol. The molecule has 0 fully saturated rings. The number of hydrogen-bond acceptors (Lipinski definition) is 14. The molecule has 0 unspecified atom stereocenters. The Hall–Kier alpha value is -5.47. The summed E-state index contributed by atoms with van der Waals surface area (Å²) in [4.78, 5) is 76.8. The third kappa shape index (κ3) is 12.9. The van der Waals surface area contributed by atoms with Gasteiger partial charge in [0.15, 0.2) is 0 Å². The SMILES string of the molecule is CCOC(=O)CCn1c(=O)c2c(C)c(-c3cccc(OC(F)(F)F)c3)sc2n(C)c1=O.CCOC(=O)CCn1c(=O)c2c(CBr)c(-c3cccc(OC(F)(F)F)c3)sc2n(C)c1=O.[B]=NS. The molecule has 4 heterocycles. The summed E-state index contributed by atoms with van der Waals surface area (Å²) in [7, 11) is 7.32. The van der Waals surface area contributed by atoms with E-state index >= 15 is 0 Å². The Morgan fingerprint density at radius 3 is 1.53 bits per heavy atom. The van der Waals surface area contributed by atoms with Crippen LogP contribution in [0.25, 0.3) is 41.3 Å². The fraction of sp³-hybridized carbons (Fsp3) is 0.350. The zero-order chi connectivity index (χ0) is 49.3. The predicted octanol–water partition coefficient (Wildman–Crippen LogP) is 7.95. The first kappa shape index (κ1) is 53.2. The average Bonchev–Trinajstić information content (AvgIpc) is 3.80. The van der Waals surface area contributed by atoms with Crippen LogP contribution in [0.3, 0.4) is 0 Å². The van der Waals surface area contributed by atoms with Crippen molar-refractivity contribution in [3.05, 3.63) is 101 Å². The van der Waals surface area contributed by atoms with Gasteiger partial charge in [0.25, 0.3) is 11.1 Å². The molecule has 0 amide bonds. The van der Waals surface area contributed by atoms with Crippen LogP contribution in [-0.4, -0.2) is 63.8 Å². The summed E-state index contributed by atoms with van der Waals surface area (Å²) in [5, 5.41) is 0.751. The van der Waals surface area contributed by atoms with E-state index in [0.29, 0.717) is 41.7 Å². The van der Waals surface area contributed by atoms with E-state index < -0.39 is 52.9 Å². The van der Waals surface area contributed by atoms with E-state index in [1.165, 1.54) is 59.6 Å². The van der Waals surface area contributed by atoms with Gasteiger partial charge in [-0.1, -0.05) is 40.2 Å². The molecule has 0 bridgehead atoms. The molecular weight excluding hydrogens is 1010 g/mol. The number of hydrogen-bond donors (Lipinski definition) is 1. The van der Waals surface area contributed by atoms with Gasteiger partial charge >= 0.3 is 60.8 Å². The van der Waals surface area contributed by atoms with Crippen molar-refractivity contribution in [3.8, 4) is 32.4 Å². The van der Waals surface area contributed by atoms with E-state index in [-0.39, 0.29) is 61.0 Å². The molecule has 0 spiro atoms. The van der Waals surface area contributed by atoms with Gasteiger partial charge in [-0.25, -0.2) is 9.59 Å². The van der Waals surface area contributed by atoms with Gasteiger partial charge in [0.05, 0.1) is 36.8 Å². The van der Waals surface area contributed by atoms with Crippen LogP contribution in [0, 0.1) is 6.92 Å². The second-order valence-electron chi connectivity index (χ2n) is 13.4. The summed E-state index contributed by atoms with van der Waals surface area (Å²) >= 11 is 8.77. The van der Waals surface area contributed by atoms with Crippen LogP contribution >= 0.6 is 51.4 Å². The Balaban J connectivity index is 0.000000272. The molecule has 15 nitrogen and oxygen atoms in total. The Morgan fingerprint density at radius 2 is 1.12 bits per heavy atom. The number of carbonyl (C=O) groups is 2. The normalized spacial score (nSPS) is 11.3. The van der Waals surface area contributed by atoms with Crippen LogP contribution in [0.15, 0.2) is 72.0 Å². The van der Waals surface area contributed by atoms with Crippen molar-refractivity contribution < 1.29 is 54.9 Å². The first-order valence-electron chi connectivity index (χ1n) is 19.1. The first-order chi connectivity index (χ1) is 31.0. The molecule has 0 N–H and O–H groups in total. The fourth-order valence-corrected chi connectivity index (χ4v) is 9.71. The van der Waals surface area contributed by atoms with E-state index in [4.69, 9.17) is 9.47 Å². The predicted molar refractivity (Wildman–Crippen MR) is 244 cm³/mol. The minimum atomic E-state index is -4.84. The van der Waals surface area contributed by atoms with Crippen molar-refractivity contribution >= 4 is 91.4 Å². The third-order valence-electron chi connectivity index (χ3n) is 9.16. The molecule has 6 aromatic rings. The number of ether oxygens (including phenoxy) is 4. The summed E-state index contributed by atoms with van der Waals surface area (Å²) in [6, 6.07) is 10.8. The second-order valence-corrected chi connectivity index (χ2v) is 16.2. The molecule has 0 saturated carbocycles. The Kier molecular flexibility index (Phi) is 18.4. The van der Waals surface area contributed by atoms with Gasteiger partial charge in [-0.2, -0.15) is 0 Å². The maximum atomic E-state index is 13.2. The number of thiol groups is 1. The van der Waals surface area contributed by atoms with E-state index in [1.807, 2.05) is 0 Å². The van der Waals surface area contributed by atoms with Crippen molar-refractivity contribution in [3.63, 3.8) is 0 Å². The Labute approximate surface area is 392 Å². The maximum absolute atomic E-state index is 13.2. The van der Waals surface area contributed by atoms with Gasteiger partial charge in [-0.05, 0) is 67.3 Å². The molecule has 66 heavy (non-hydrogen) atoms. The van der Waals surface area contributed by atoms with Crippen LogP contribution < -0.4 is 32.0 Å². The topological polar surface area (TPSA) is 171 Å². The number of nitrogens with zero attached hydrogens (tertiary/aromatic N) is 5. The van der Waals surface area contributed by atoms with Crippen molar-refractivity contribution in [1.82, 2.24) is 18.3 Å². The van der Waals surface area contributed by atoms with E-state index in [9.17, 15) is 55.1 Å². The van der Waals surface area contributed by atoms with Crippen LogP contribution in [0.5, 0.6) is 11.5 Å². The Bertz CT molecular complexity index is 3000. The molecule has 4 aromatic heterocycles. The second kappa shape index (κ2) is 22.8. The van der Waals surface area contributed by atoms with Crippen LogP contribution in [0.4, 0.5) is 26.3 Å². The van der Waals surface area contributed by atoms with Crippen LogP contribution in [0.1, 0.15) is 37.8 Å². The third-order valence-corrected chi connectivity index (χ3v) is 12.5. The molecule has 1 radical (unpaired) electrons. The summed E-state index contributed by atoms with van der Waals surface area (Å²) in [5.41, 5.74) is -0.456. The number of rotatable bonds is 13. The number of esters is 2. The van der Waals surface area contributed by atoms with Crippen molar-refractivity contribution in [2.45, 2.75) is 64.8 Å². The number of aromatic nitrogens is 4. The molecule has 0 aliphatic rings. The monoisotopic (exact) mass is 1050 g/mol. The number of halogens is 7. The van der Waals surface area contributed by atoms with Crippen molar-refractivity contribution in [2.24, 2.45) is 18.4 Å². The molecule has 2 aromatic carbocycles. The molecule has 26 heteroatoms. The van der Waals surface area contributed by atoms with Crippen molar-refractivity contribution in [2.75, 3.05) is 13.2 Å². The first-order valence-corrected chi connectivity index (χ1v) is 22.3. The number of aryl methyl sites for hydroxylation is 3. The summed E-state index contributed by atoms with van der Waals surface area (Å²) in [5.74, 6) is -1.84. The molecule has 353 valence electrons. The van der Waals surface area contributed by atoms with Gasteiger partial charge in [-0.15, -0.1) is 49.0 Å². The van der Waals surface area contributed by atoms with Crippen molar-refractivity contribution in [1.29, 1.82) is 0 Å². The summed E-state index contributed by atoms with van der Waals surface area (Å²) in [6.45, 7) is 5.05. The van der Waals surface area contributed by atoms with E-state index in [2.05, 4.69) is 50.2 Å². The molecular formula is C40H38BBrF6N5O10S3. The molecule has 0 atom stereocenters. The van der Waals surface area contributed by atoms with Gasteiger partial charge in [0.1, 0.15) is 21.2 Å². The number of fused-ring (bicyclic) bond motifs is 2. The van der Waals surface area contributed by atoms with Crippen LogP contribution in [0.2, 0.25) is 0 Å². The number of benzene rings is 2. The molecule has 0 saturated heterocycles. The number of thiophene rings is 2. The standard InChI is InChI=1S/C20H18BrF3N2O5S.C20H19F3N2O5S.BHNS/c1-3-30-14(27)7-8-26-17(28)15-13(10-21)16(32-18(15)25(2)19(26)29)11-5-4-6-12(9-11)31-20(22,23)24;1-4-29-14(26)8-9-25-17(27)15-11(2)16(31-18(15)24(3)19(25)28)12-6-5-7-13(10-12)30-20(21,22)23;1-2-3/h4-6,9H,3,7-8,10H2,1-2H3;5-7,10H,4,8-9H2,1-3H3;3H. The molecule has 0 aliphatic carbocycles. The van der Waals surface area contributed by atoms with Gasteiger partial charge in [0.2, 0.25) is 0 Å². The quantitative estimate of drug-likeness (QED) is 0.0394. The minimum absolute atomic E-state index is 0.138. The Morgan fingerprint density at radius 1 is 0.727 bits per heavy atom. The fourth-order valence-electron chi connectivity index (χ4n) is 6.45. The number of carbonyl (C=O) groups excluding carboxylic acids is 2. The van der Waals surface area contributed by atoms with Gasteiger partial charge in [-0.3, -0.25) is 37.4 Å². The number of alkyl halides is 7.